The lowest BCUT2D eigenvalue weighted by Gasteiger charge is -2.33. The van der Waals surface area contributed by atoms with Gasteiger partial charge in [-0.25, -0.2) is 9.18 Å². The summed E-state index contributed by atoms with van der Waals surface area (Å²) in [6, 6.07) is 2.49. The van der Waals surface area contributed by atoms with Crippen molar-refractivity contribution in [1.82, 2.24) is 4.90 Å². The number of likely N-dealkylation sites (tertiary alicyclic amines) is 1. The van der Waals surface area contributed by atoms with Crippen LogP contribution in [0.25, 0.3) is 0 Å². The molecule has 6 heteroatoms. The molecule has 1 aromatic carbocycles. The van der Waals surface area contributed by atoms with E-state index in [9.17, 15) is 9.59 Å². The number of esters is 1. The Morgan fingerprint density at radius 2 is 1.80 bits per heavy atom. The van der Waals surface area contributed by atoms with Crippen molar-refractivity contribution in [3.05, 3.63) is 29.1 Å². The summed E-state index contributed by atoms with van der Waals surface area (Å²) in [5, 5.41) is 0. The summed E-state index contributed by atoms with van der Waals surface area (Å²) in [5.41, 5.74) is 0.649. The van der Waals surface area contributed by atoms with Crippen molar-refractivity contribution in [2.75, 3.05) is 13.2 Å². The first-order chi connectivity index (χ1) is 16.6. The van der Waals surface area contributed by atoms with E-state index in [1.165, 1.54) is 43.1 Å². The van der Waals surface area contributed by atoms with E-state index in [-0.39, 0.29) is 11.0 Å². The molecule has 7 rings (SSSR count). The minimum absolute atomic E-state index is 0.0497. The molecule has 2 unspecified atom stereocenters. The van der Waals surface area contributed by atoms with Gasteiger partial charge in [-0.15, -0.1) is 0 Å². The lowest BCUT2D eigenvalue weighted by atomic mass is 9.76. The maximum absolute atomic E-state index is 15.4. The topological polar surface area (TPSA) is 55.8 Å². The van der Waals surface area contributed by atoms with E-state index in [2.05, 4.69) is 0 Å². The molecule has 1 aliphatic heterocycles. The van der Waals surface area contributed by atoms with Gasteiger partial charge >= 0.3 is 5.97 Å². The van der Waals surface area contributed by atoms with Crippen LogP contribution in [-0.2, 0) is 9.53 Å². The van der Waals surface area contributed by atoms with Crippen LogP contribution in [0.3, 0.4) is 0 Å². The van der Waals surface area contributed by atoms with Gasteiger partial charge in [0.2, 0.25) is 0 Å². The Balaban J connectivity index is 1.22. The van der Waals surface area contributed by atoms with Crippen LogP contribution in [0.5, 0.6) is 5.75 Å². The molecule has 1 saturated heterocycles. The summed E-state index contributed by atoms with van der Waals surface area (Å²) < 4.78 is 27.4. The van der Waals surface area contributed by atoms with Gasteiger partial charge in [0.1, 0.15) is 23.2 Å². The largest absolute Gasteiger partial charge is 0.493 e. The third kappa shape index (κ3) is 4.25. The van der Waals surface area contributed by atoms with Crippen LogP contribution in [-0.4, -0.2) is 41.6 Å². The number of carbonyl (C=O) groups is 2. The zero-order chi connectivity index (χ0) is 24.5. The summed E-state index contributed by atoms with van der Waals surface area (Å²) >= 11 is 0. The lowest BCUT2D eigenvalue weighted by Crippen LogP contribution is -2.43. The molecular formula is C29H38FNO4. The van der Waals surface area contributed by atoms with Crippen molar-refractivity contribution >= 4 is 11.9 Å². The fraction of sp³-hybridized carbons (Fsp3) is 0.724. The molecule has 4 bridgehead atoms. The van der Waals surface area contributed by atoms with E-state index in [0.29, 0.717) is 37.7 Å². The summed E-state index contributed by atoms with van der Waals surface area (Å²) in [6.07, 6.45) is 9.91. The number of hydrogen-bond acceptors (Lipinski definition) is 4. The molecule has 1 aromatic rings. The highest BCUT2D eigenvalue weighted by Crippen LogP contribution is 2.65. The van der Waals surface area contributed by atoms with Gasteiger partial charge < -0.3 is 14.4 Å². The second-order valence-electron chi connectivity index (χ2n) is 13.0. The monoisotopic (exact) mass is 483 g/mol. The van der Waals surface area contributed by atoms with Gasteiger partial charge in [-0.2, -0.15) is 0 Å². The Bertz CT molecular complexity index is 1030. The molecule has 6 fully saturated rings. The van der Waals surface area contributed by atoms with Gasteiger partial charge in [0.15, 0.2) is 0 Å². The minimum Gasteiger partial charge on any atom is -0.493 e. The summed E-state index contributed by atoms with van der Waals surface area (Å²) in [6.45, 7) is 6.55. The van der Waals surface area contributed by atoms with Crippen LogP contribution in [0.1, 0.15) is 100 Å². The third-order valence-electron chi connectivity index (χ3n) is 9.21. The highest BCUT2D eigenvalue weighted by molar-refractivity contribution is 5.98. The van der Waals surface area contributed by atoms with Crippen molar-refractivity contribution in [3.63, 3.8) is 0 Å². The van der Waals surface area contributed by atoms with Gasteiger partial charge in [-0.3, -0.25) is 4.79 Å². The molecule has 35 heavy (non-hydrogen) atoms. The van der Waals surface area contributed by atoms with Gasteiger partial charge in [-0.05, 0) is 114 Å². The number of halogens is 1. The predicted octanol–water partition coefficient (Wildman–Crippen LogP) is 5.85. The minimum atomic E-state index is -0.659. The zero-order valence-electron chi connectivity index (χ0n) is 21.3. The van der Waals surface area contributed by atoms with Crippen molar-refractivity contribution in [2.24, 2.45) is 23.2 Å². The molecule has 5 saturated carbocycles. The Kier molecular flexibility index (Phi) is 5.46. The molecule has 0 spiro atoms. The second kappa shape index (κ2) is 8.21. The van der Waals surface area contributed by atoms with Gasteiger partial charge in [0.25, 0.3) is 5.91 Å². The average molecular weight is 484 g/mol. The van der Waals surface area contributed by atoms with Gasteiger partial charge in [-0.1, -0.05) is 0 Å². The number of amides is 1. The molecule has 6 aliphatic rings. The molecule has 0 aromatic heterocycles. The average Bonchev–Trinajstić information content (AvgIpc) is 3.37. The Morgan fingerprint density at radius 3 is 2.46 bits per heavy atom. The van der Waals surface area contributed by atoms with Crippen LogP contribution in [0.2, 0.25) is 0 Å². The summed E-state index contributed by atoms with van der Waals surface area (Å²) in [4.78, 5) is 27.7. The molecular weight excluding hydrogens is 445 g/mol. The van der Waals surface area contributed by atoms with Crippen molar-refractivity contribution in [1.29, 1.82) is 0 Å². The van der Waals surface area contributed by atoms with Crippen LogP contribution in [0, 0.1) is 29.0 Å². The summed E-state index contributed by atoms with van der Waals surface area (Å²) in [5.74, 6) is 2.03. The van der Waals surface area contributed by atoms with Gasteiger partial charge in [0, 0.05) is 18.0 Å². The highest BCUT2D eigenvalue weighted by Gasteiger charge is 2.58. The fourth-order valence-corrected chi connectivity index (χ4v) is 7.78. The third-order valence-corrected chi connectivity index (χ3v) is 9.21. The standard InChI is InChI=1S/C29H38FNO4/c1-28(2,3)35-27(33)24-5-4-8-31(24)26(32)22-12-21(19-6-7-19)25(13-23(22)30)34-16-29-14-17-9-18(15-29)11-20(29)10-17/h12-13,17-20,24H,4-11,14-16H2,1-3H3/t17?,18?,20?,24-,29?/m0/s1. The SMILES string of the molecule is CC(C)(C)OC(=O)[C@@H]1CCCN1C(=O)c1cc(C2CC2)c(OCC23CC4CC(CC2C4)C3)cc1F. The number of carbonyl (C=O) groups excluding carboxylic acids is 2. The first-order valence-corrected chi connectivity index (χ1v) is 13.6. The number of hydrogen-bond donors (Lipinski definition) is 0. The number of benzene rings is 1. The fourth-order valence-electron chi connectivity index (χ4n) is 7.78. The molecule has 5 nitrogen and oxygen atoms in total. The smallest absolute Gasteiger partial charge is 0.329 e. The van der Waals surface area contributed by atoms with Crippen LogP contribution in [0.4, 0.5) is 4.39 Å². The quantitative estimate of drug-likeness (QED) is 0.476. The van der Waals surface area contributed by atoms with Crippen LogP contribution >= 0.6 is 0 Å². The molecule has 3 atom stereocenters. The molecule has 0 radical (unpaired) electrons. The Morgan fingerprint density at radius 1 is 1.09 bits per heavy atom. The molecule has 1 heterocycles. The van der Waals surface area contributed by atoms with Crippen molar-refractivity contribution in [2.45, 2.75) is 96.1 Å². The first kappa shape index (κ1) is 23.3. The number of nitrogens with zero attached hydrogens (tertiary/aromatic N) is 1. The molecule has 0 N–H and O–H groups in total. The summed E-state index contributed by atoms with van der Waals surface area (Å²) in [7, 11) is 0. The van der Waals surface area contributed by atoms with Crippen molar-refractivity contribution in [3.8, 4) is 5.75 Å². The van der Waals surface area contributed by atoms with E-state index in [1.54, 1.807) is 6.07 Å². The number of rotatable bonds is 6. The maximum Gasteiger partial charge on any atom is 0.329 e. The zero-order valence-corrected chi connectivity index (χ0v) is 21.3. The van der Waals surface area contributed by atoms with E-state index in [4.69, 9.17) is 9.47 Å². The predicted molar refractivity (Wildman–Crippen MR) is 130 cm³/mol. The van der Waals surface area contributed by atoms with E-state index < -0.39 is 29.3 Å². The lowest BCUT2D eigenvalue weighted by molar-refractivity contribution is -0.159. The second-order valence-corrected chi connectivity index (χ2v) is 13.0. The van der Waals surface area contributed by atoms with E-state index in [1.807, 2.05) is 20.8 Å². The van der Waals surface area contributed by atoms with Crippen LogP contribution in [0.15, 0.2) is 12.1 Å². The molecule has 190 valence electrons. The van der Waals surface area contributed by atoms with Gasteiger partial charge in [0.05, 0.1) is 12.2 Å². The maximum atomic E-state index is 15.4. The number of ether oxygens (including phenoxy) is 2. The molecule has 5 aliphatic carbocycles. The van der Waals surface area contributed by atoms with E-state index >= 15 is 4.39 Å². The molecule has 1 amide bonds. The van der Waals surface area contributed by atoms with Crippen LogP contribution < -0.4 is 4.74 Å². The van der Waals surface area contributed by atoms with Crippen molar-refractivity contribution < 1.29 is 23.5 Å². The van der Waals surface area contributed by atoms with E-state index in [0.717, 1.165) is 36.2 Å². The highest BCUT2D eigenvalue weighted by atomic mass is 19.1. The first-order valence-electron chi connectivity index (χ1n) is 13.6. The Labute approximate surface area is 207 Å². The Hall–Kier alpha value is -2.11. The normalized spacial score (nSPS) is 33.4.